The molecule has 0 spiro atoms. The second-order valence-corrected chi connectivity index (χ2v) is 5.44. The molecule has 1 aromatic rings. The van der Waals surface area contributed by atoms with E-state index >= 15 is 0 Å². The summed E-state index contributed by atoms with van der Waals surface area (Å²) in [4.78, 5) is 14.1. The maximum Gasteiger partial charge on any atom is 0.227 e. The third-order valence-electron chi connectivity index (χ3n) is 4.20. The summed E-state index contributed by atoms with van der Waals surface area (Å²) in [5.74, 6) is -1.76. The van der Waals surface area contributed by atoms with Gasteiger partial charge in [-0.05, 0) is 44.5 Å². The number of hydrogen-bond donors (Lipinski definition) is 1. The summed E-state index contributed by atoms with van der Waals surface area (Å²) in [6.07, 6.45) is 0.814. The van der Waals surface area contributed by atoms with E-state index in [2.05, 4.69) is 5.32 Å². The lowest BCUT2D eigenvalue weighted by atomic mass is 9.98. The number of nitrogens with zero attached hydrogens (tertiary/aromatic N) is 1. The zero-order chi connectivity index (χ0) is 14.9. The molecule has 0 aliphatic carbocycles. The van der Waals surface area contributed by atoms with Crippen molar-refractivity contribution in [2.24, 2.45) is 5.92 Å². The summed E-state index contributed by atoms with van der Waals surface area (Å²) >= 11 is 0. The molecule has 1 N–H and O–H groups in total. The summed E-state index contributed by atoms with van der Waals surface area (Å²) in [6.45, 7) is 4.65. The van der Waals surface area contributed by atoms with Gasteiger partial charge in [0.05, 0.1) is 12.0 Å². The van der Waals surface area contributed by atoms with Crippen LogP contribution in [0.25, 0.3) is 0 Å². The lowest BCUT2D eigenvalue weighted by molar-refractivity contribution is -0.136. The highest BCUT2D eigenvalue weighted by Gasteiger charge is 2.33. The highest BCUT2D eigenvalue weighted by Crippen LogP contribution is 2.25. The van der Waals surface area contributed by atoms with Crippen LogP contribution in [0.4, 0.5) is 8.78 Å². The fourth-order valence-electron chi connectivity index (χ4n) is 2.64. The highest BCUT2D eigenvalue weighted by molar-refractivity contribution is 5.80. The molecule has 1 heterocycles. The molecule has 20 heavy (non-hydrogen) atoms. The Hall–Kier alpha value is -1.49. The number of nitrogens with one attached hydrogen (secondary N) is 1. The number of amides is 1. The van der Waals surface area contributed by atoms with Crippen molar-refractivity contribution in [3.63, 3.8) is 0 Å². The third kappa shape index (κ3) is 2.82. The fraction of sp³-hybridized carbons (Fsp3) is 0.533. The first-order valence-corrected chi connectivity index (χ1v) is 6.87. The second kappa shape index (κ2) is 5.87. The van der Waals surface area contributed by atoms with Crippen molar-refractivity contribution in [2.75, 3.05) is 13.6 Å². The molecule has 0 aromatic heterocycles. The van der Waals surface area contributed by atoms with E-state index < -0.39 is 11.6 Å². The van der Waals surface area contributed by atoms with E-state index in [-0.39, 0.29) is 23.9 Å². The van der Waals surface area contributed by atoms with Crippen molar-refractivity contribution in [1.82, 2.24) is 10.2 Å². The van der Waals surface area contributed by atoms with E-state index in [1.165, 1.54) is 6.07 Å². The van der Waals surface area contributed by atoms with E-state index in [4.69, 9.17) is 0 Å². The Bertz CT molecular complexity index is 507. The summed E-state index contributed by atoms with van der Waals surface area (Å²) < 4.78 is 26.2. The Morgan fingerprint density at radius 3 is 2.65 bits per heavy atom. The predicted molar refractivity (Wildman–Crippen MR) is 73.1 cm³/mol. The van der Waals surface area contributed by atoms with Gasteiger partial charge in [-0.15, -0.1) is 0 Å². The molecule has 3 unspecified atom stereocenters. The zero-order valence-corrected chi connectivity index (χ0v) is 12.0. The molecule has 0 bridgehead atoms. The first-order valence-electron chi connectivity index (χ1n) is 6.87. The van der Waals surface area contributed by atoms with Crippen molar-refractivity contribution in [3.8, 4) is 0 Å². The SMILES string of the molecule is CC1NCCC1C(=O)N(C)C(C)c1ccc(F)c(F)c1. The smallest absolute Gasteiger partial charge is 0.227 e. The van der Waals surface area contributed by atoms with Gasteiger partial charge in [-0.3, -0.25) is 4.79 Å². The van der Waals surface area contributed by atoms with Crippen LogP contribution in [0.1, 0.15) is 31.9 Å². The van der Waals surface area contributed by atoms with E-state index in [1.54, 1.807) is 11.9 Å². The largest absolute Gasteiger partial charge is 0.339 e. The Labute approximate surface area is 118 Å². The molecular formula is C15H20F2N2O. The van der Waals surface area contributed by atoms with Gasteiger partial charge < -0.3 is 10.2 Å². The number of carbonyl (C=O) groups excluding carboxylic acids is 1. The van der Waals surface area contributed by atoms with Crippen LogP contribution >= 0.6 is 0 Å². The molecular weight excluding hydrogens is 262 g/mol. The van der Waals surface area contributed by atoms with Crippen LogP contribution in [0, 0.1) is 17.6 Å². The predicted octanol–water partition coefficient (Wildman–Crippen LogP) is 2.48. The second-order valence-electron chi connectivity index (χ2n) is 5.44. The number of benzene rings is 1. The molecule has 3 atom stereocenters. The quantitative estimate of drug-likeness (QED) is 0.923. The van der Waals surface area contributed by atoms with E-state index in [0.29, 0.717) is 5.56 Å². The van der Waals surface area contributed by atoms with Gasteiger partial charge in [0.1, 0.15) is 0 Å². The number of halogens is 2. The molecule has 5 heteroatoms. The Morgan fingerprint density at radius 1 is 1.40 bits per heavy atom. The van der Waals surface area contributed by atoms with Crippen molar-refractivity contribution < 1.29 is 13.6 Å². The third-order valence-corrected chi connectivity index (χ3v) is 4.20. The fourth-order valence-corrected chi connectivity index (χ4v) is 2.64. The standard InChI is InChI=1S/C15H20F2N2O/c1-9-12(6-7-18-9)15(20)19(3)10(2)11-4-5-13(16)14(17)8-11/h4-5,8-10,12,18H,6-7H2,1-3H3. The van der Waals surface area contributed by atoms with Crippen LogP contribution in [0.2, 0.25) is 0 Å². The Balaban J connectivity index is 2.13. The molecule has 2 rings (SSSR count). The van der Waals surface area contributed by atoms with Gasteiger partial charge in [0.15, 0.2) is 11.6 Å². The van der Waals surface area contributed by atoms with Crippen LogP contribution in [0.3, 0.4) is 0 Å². The van der Waals surface area contributed by atoms with Crippen molar-refractivity contribution in [3.05, 3.63) is 35.4 Å². The van der Waals surface area contributed by atoms with Gasteiger partial charge in [-0.25, -0.2) is 8.78 Å². The van der Waals surface area contributed by atoms with Gasteiger partial charge in [-0.2, -0.15) is 0 Å². The summed E-state index contributed by atoms with van der Waals surface area (Å²) in [7, 11) is 1.71. The zero-order valence-electron chi connectivity index (χ0n) is 12.0. The molecule has 1 saturated heterocycles. The Kier molecular flexibility index (Phi) is 4.38. The van der Waals surface area contributed by atoms with Gasteiger partial charge in [-0.1, -0.05) is 6.07 Å². The van der Waals surface area contributed by atoms with Crippen molar-refractivity contribution in [1.29, 1.82) is 0 Å². The van der Waals surface area contributed by atoms with Gasteiger partial charge in [0.25, 0.3) is 0 Å². The topological polar surface area (TPSA) is 32.3 Å². The van der Waals surface area contributed by atoms with Crippen LogP contribution in [-0.4, -0.2) is 30.4 Å². The average molecular weight is 282 g/mol. The van der Waals surface area contributed by atoms with Gasteiger partial charge in [0, 0.05) is 13.1 Å². The minimum absolute atomic E-state index is 0.0414. The van der Waals surface area contributed by atoms with Crippen LogP contribution < -0.4 is 5.32 Å². The molecule has 3 nitrogen and oxygen atoms in total. The first kappa shape index (κ1) is 14.9. The van der Waals surface area contributed by atoms with Crippen LogP contribution in [0.15, 0.2) is 18.2 Å². The maximum atomic E-state index is 13.3. The van der Waals surface area contributed by atoms with Crippen molar-refractivity contribution in [2.45, 2.75) is 32.4 Å². The molecule has 1 amide bonds. The molecule has 110 valence electrons. The summed E-state index contributed by atoms with van der Waals surface area (Å²) in [5, 5.41) is 3.24. The molecule has 1 aromatic carbocycles. The normalized spacial score (nSPS) is 23.6. The minimum Gasteiger partial charge on any atom is -0.339 e. The number of hydrogen-bond acceptors (Lipinski definition) is 2. The summed E-state index contributed by atoms with van der Waals surface area (Å²) in [5.41, 5.74) is 0.596. The highest BCUT2D eigenvalue weighted by atomic mass is 19.2. The Morgan fingerprint density at radius 2 is 2.10 bits per heavy atom. The number of carbonyl (C=O) groups is 1. The molecule has 1 aliphatic rings. The van der Waals surface area contributed by atoms with E-state index in [1.807, 2.05) is 13.8 Å². The molecule has 1 aliphatic heterocycles. The maximum absolute atomic E-state index is 13.3. The minimum atomic E-state index is -0.883. The monoisotopic (exact) mass is 282 g/mol. The molecule has 1 fully saturated rings. The summed E-state index contributed by atoms with van der Waals surface area (Å²) in [6, 6.07) is 3.63. The van der Waals surface area contributed by atoms with Crippen LogP contribution in [-0.2, 0) is 4.79 Å². The van der Waals surface area contributed by atoms with E-state index in [9.17, 15) is 13.6 Å². The van der Waals surface area contributed by atoms with E-state index in [0.717, 1.165) is 25.1 Å². The van der Waals surface area contributed by atoms with Gasteiger partial charge in [0.2, 0.25) is 5.91 Å². The van der Waals surface area contributed by atoms with Crippen LogP contribution in [0.5, 0.6) is 0 Å². The van der Waals surface area contributed by atoms with Crippen molar-refractivity contribution >= 4 is 5.91 Å². The molecule has 0 radical (unpaired) electrons. The lowest BCUT2D eigenvalue weighted by Crippen LogP contribution is -2.39. The lowest BCUT2D eigenvalue weighted by Gasteiger charge is -2.29. The van der Waals surface area contributed by atoms with Gasteiger partial charge >= 0.3 is 0 Å². The number of rotatable bonds is 3. The first-order chi connectivity index (χ1) is 9.41. The average Bonchev–Trinajstić information content (AvgIpc) is 2.85. The molecule has 0 saturated carbocycles.